The topological polar surface area (TPSA) is 58.6 Å². The van der Waals surface area contributed by atoms with Gasteiger partial charge in [0, 0.05) is 15.6 Å². The first-order chi connectivity index (χ1) is 11.5. The molecule has 0 bridgehead atoms. The summed E-state index contributed by atoms with van der Waals surface area (Å²) >= 11 is 3.46. The number of para-hydroxylation sites is 1. The van der Waals surface area contributed by atoms with Gasteiger partial charge in [0.05, 0.1) is 13.7 Å². The number of methoxy groups -OCH3 is 1. The standard InChI is InChI=1S/C18H17BrN2O3/c1-18(13-8-4-5-9-14(13)19)16(22)21(17(23)20-18)11-12-7-3-6-10-15(12)24-2/h3-10H,11H2,1-2H3,(H,20,23)/t18-/m1/s1. The third-order valence-electron chi connectivity index (χ3n) is 4.21. The van der Waals surface area contributed by atoms with Crippen LogP contribution in [0.5, 0.6) is 5.75 Å². The average molecular weight is 389 g/mol. The maximum Gasteiger partial charge on any atom is 0.325 e. The van der Waals surface area contributed by atoms with Crippen LogP contribution in [-0.2, 0) is 16.9 Å². The van der Waals surface area contributed by atoms with Crippen LogP contribution in [0.2, 0.25) is 0 Å². The van der Waals surface area contributed by atoms with Crippen LogP contribution in [0.3, 0.4) is 0 Å². The van der Waals surface area contributed by atoms with Crippen molar-refractivity contribution in [1.29, 1.82) is 0 Å². The fraction of sp³-hybridized carbons (Fsp3) is 0.222. The van der Waals surface area contributed by atoms with E-state index in [9.17, 15) is 9.59 Å². The van der Waals surface area contributed by atoms with E-state index >= 15 is 0 Å². The first-order valence-electron chi connectivity index (χ1n) is 7.48. The second-order valence-electron chi connectivity index (χ2n) is 5.74. The van der Waals surface area contributed by atoms with Crippen LogP contribution < -0.4 is 10.1 Å². The van der Waals surface area contributed by atoms with Crippen LogP contribution in [0.1, 0.15) is 18.1 Å². The average Bonchev–Trinajstić information content (AvgIpc) is 2.80. The van der Waals surface area contributed by atoms with Crippen molar-refractivity contribution in [2.24, 2.45) is 0 Å². The number of hydrogen-bond acceptors (Lipinski definition) is 3. The van der Waals surface area contributed by atoms with E-state index < -0.39 is 11.6 Å². The lowest BCUT2D eigenvalue weighted by atomic mass is 9.92. The molecule has 2 aromatic rings. The molecule has 6 heteroatoms. The lowest BCUT2D eigenvalue weighted by Gasteiger charge is -2.23. The third-order valence-corrected chi connectivity index (χ3v) is 4.90. The SMILES string of the molecule is COc1ccccc1CN1C(=O)N[C@](C)(c2ccccc2Br)C1=O. The predicted octanol–water partition coefficient (Wildman–Crippen LogP) is 3.42. The summed E-state index contributed by atoms with van der Waals surface area (Å²) in [6.07, 6.45) is 0. The fourth-order valence-corrected chi connectivity index (χ4v) is 3.58. The minimum atomic E-state index is -1.10. The van der Waals surface area contributed by atoms with Crippen molar-refractivity contribution in [3.63, 3.8) is 0 Å². The van der Waals surface area contributed by atoms with Crippen molar-refractivity contribution >= 4 is 27.9 Å². The molecule has 0 saturated carbocycles. The van der Waals surface area contributed by atoms with Gasteiger partial charge in [-0.15, -0.1) is 0 Å². The summed E-state index contributed by atoms with van der Waals surface area (Å²) in [5, 5.41) is 2.81. The first-order valence-corrected chi connectivity index (χ1v) is 8.27. The number of nitrogens with one attached hydrogen (secondary N) is 1. The Bertz CT molecular complexity index is 808. The molecule has 3 amide bonds. The molecule has 1 heterocycles. The zero-order chi connectivity index (χ0) is 17.3. The van der Waals surface area contributed by atoms with Crippen molar-refractivity contribution < 1.29 is 14.3 Å². The molecule has 24 heavy (non-hydrogen) atoms. The lowest BCUT2D eigenvalue weighted by molar-refractivity contribution is -0.131. The number of rotatable bonds is 4. The van der Waals surface area contributed by atoms with E-state index in [1.807, 2.05) is 42.5 Å². The number of carbonyl (C=O) groups is 2. The highest BCUT2D eigenvalue weighted by atomic mass is 79.9. The molecular formula is C18H17BrN2O3. The highest BCUT2D eigenvalue weighted by molar-refractivity contribution is 9.10. The Morgan fingerprint density at radius 3 is 2.50 bits per heavy atom. The molecule has 124 valence electrons. The maximum atomic E-state index is 13.0. The molecule has 2 aromatic carbocycles. The van der Waals surface area contributed by atoms with E-state index in [1.165, 1.54) is 4.90 Å². The molecule has 1 atom stereocenters. The number of amides is 3. The van der Waals surface area contributed by atoms with Crippen LogP contribution >= 0.6 is 15.9 Å². The molecule has 1 aliphatic heterocycles. The second kappa shape index (κ2) is 6.28. The minimum absolute atomic E-state index is 0.161. The van der Waals surface area contributed by atoms with E-state index in [0.29, 0.717) is 5.75 Å². The van der Waals surface area contributed by atoms with Gasteiger partial charge in [-0.2, -0.15) is 0 Å². The number of nitrogens with zero attached hydrogens (tertiary/aromatic N) is 1. The van der Waals surface area contributed by atoms with Crippen LogP contribution in [0.25, 0.3) is 0 Å². The Morgan fingerprint density at radius 1 is 1.12 bits per heavy atom. The van der Waals surface area contributed by atoms with Crippen LogP contribution in [0, 0.1) is 0 Å². The van der Waals surface area contributed by atoms with Gasteiger partial charge in [-0.3, -0.25) is 9.69 Å². The van der Waals surface area contributed by atoms with Gasteiger partial charge >= 0.3 is 6.03 Å². The summed E-state index contributed by atoms with van der Waals surface area (Å²) in [7, 11) is 1.57. The van der Waals surface area contributed by atoms with Crippen molar-refractivity contribution in [2.45, 2.75) is 19.0 Å². The normalized spacial score (nSPS) is 20.2. The number of carbonyl (C=O) groups excluding carboxylic acids is 2. The van der Waals surface area contributed by atoms with Gasteiger partial charge in [0.15, 0.2) is 0 Å². The van der Waals surface area contributed by atoms with E-state index in [-0.39, 0.29) is 12.5 Å². The Labute approximate surface area is 148 Å². The number of hydrogen-bond donors (Lipinski definition) is 1. The monoisotopic (exact) mass is 388 g/mol. The maximum absolute atomic E-state index is 13.0. The highest BCUT2D eigenvalue weighted by Gasteiger charge is 2.49. The Kier molecular flexibility index (Phi) is 4.32. The van der Waals surface area contributed by atoms with Gasteiger partial charge in [-0.1, -0.05) is 52.3 Å². The van der Waals surface area contributed by atoms with Crippen molar-refractivity contribution in [2.75, 3.05) is 7.11 Å². The van der Waals surface area contributed by atoms with E-state index in [2.05, 4.69) is 21.2 Å². The predicted molar refractivity (Wildman–Crippen MR) is 93.6 cm³/mol. The summed E-state index contributed by atoms with van der Waals surface area (Å²) in [4.78, 5) is 26.6. The minimum Gasteiger partial charge on any atom is -0.496 e. The zero-order valence-corrected chi connectivity index (χ0v) is 15.0. The zero-order valence-electron chi connectivity index (χ0n) is 13.4. The summed E-state index contributed by atoms with van der Waals surface area (Å²) < 4.78 is 6.08. The number of imide groups is 1. The molecule has 1 aliphatic rings. The molecule has 1 fully saturated rings. The van der Waals surface area contributed by atoms with Crippen LogP contribution in [0.4, 0.5) is 4.79 Å². The summed E-state index contributed by atoms with van der Waals surface area (Å²) in [6.45, 7) is 1.88. The number of halogens is 1. The summed E-state index contributed by atoms with van der Waals surface area (Å²) in [6, 6.07) is 14.3. The van der Waals surface area contributed by atoms with Crippen LogP contribution in [-0.4, -0.2) is 23.9 Å². The lowest BCUT2D eigenvalue weighted by Crippen LogP contribution is -2.41. The van der Waals surface area contributed by atoms with Crippen molar-refractivity contribution in [1.82, 2.24) is 10.2 Å². The Hall–Kier alpha value is -2.34. The van der Waals surface area contributed by atoms with Gasteiger partial charge in [0.25, 0.3) is 5.91 Å². The highest BCUT2D eigenvalue weighted by Crippen LogP contribution is 2.34. The van der Waals surface area contributed by atoms with Gasteiger partial charge in [-0.05, 0) is 19.1 Å². The molecule has 0 aliphatic carbocycles. The van der Waals surface area contributed by atoms with Gasteiger partial charge in [-0.25, -0.2) is 4.79 Å². The number of urea groups is 1. The quantitative estimate of drug-likeness (QED) is 0.816. The number of ether oxygens (including phenoxy) is 1. The van der Waals surface area contributed by atoms with E-state index in [0.717, 1.165) is 15.6 Å². The van der Waals surface area contributed by atoms with Gasteiger partial charge < -0.3 is 10.1 Å². The molecule has 0 unspecified atom stereocenters. The largest absolute Gasteiger partial charge is 0.496 e. The molecule has 1 saturated heterocycles. The van der Waals surface area contributed by atoms with Gasteiger partial charge in [0.2, 0.25) is 0 Å². The molecule has 0 radical (unpaired) electrons. The molecule has 1 N–H and O–H groups in total. The molecular weight excluding hydrogens is 372 g/mol. The summed E-state index contributed by atoms with van der Waals surface area (Å²) in [5.41, 5.74) is 0.407. The van der Waals surface area contributed by atoms with Crippen molar-refractivity contribution in [3.8, 4) is 5.75 Å². The third kappa shape index (κ3) is 2.67. The van der Waals surface area contributed by atoms with E-state index in [1.54, 1.807) is 20.1 Å². The summed E-state index contributed by atoms with van der Waals surface area (Å²) in [5.74, 6) is 0.359. The Morgan fingerprint density at radius 2 is 1.79 bits per heavy atom. The first kappa shape index (κ1) is 16.5. The van der Waals surface area contributed by atoms with Gasteiger partial charge in [0.1, 0.15) is 11.3 Å². The fourth-order valence-electron chi connectivity index (χ4n) is 2.89. The molecule has 0 spiro atoms. The number of benzene rings is 2. The smallest absolute Gasteiger partial charge is 0.325 e. The van der Waals surface area contributed by atoms with Crippen LogP contribution in [0.15, 0.2) is 53.0 Å². The molecule has 0 aromatic heterocycles. The van der Waals surface area contributed by atoms with E-state index in [4.69, 9.17) is 4.74 Å². The Balaban J connectivity index is 1.94. The molecule has 3 rings (SSSR count). The second-order valence-corrected chi connectivity index (χ2v) is 6.59. The van der Waals surface area contributed by atoms with Crippen molar-refractivity contribution in [3.05, 3.63) is 64.1 Å². The molecule has 5 nitrogen and oxygen atoms in total.